The van der Waals surface area contributed by atoms with E-state index in [0.29, 0.717) is 0 Å². The Morgan fingerprint density at radius 2 is 2.00 bits per heavy atom. The fraction of sp³-hybridized carbons (Fsp3) is 0.357. The number of imidazole rings is 1. The first-order valence-electron chi connectivity index (χ1n) is 6.30. The lowest BCUT2D eigenvalue weighted by molar-refractivity contribution is 0.228. The van der Waals surface area contributed by atoms with Gasteiger partial charge in [0, 0.05) is 29.9 Å². The Balaban J connectivity index is 1.91. The Bertz CT molecular complexity index is 545. The van der Waals surface area contributed by atoms with Crippen LogP contribution in [0.3, 0.4) is 0 Å². The minimum Gasteiger partial charge on any atom is -0.332 e. The Hall–Kier alpha value is -1.32. The molecule has 0 saturated heterocycles. The fourth-order valence-corrected chi connectivity index (χ4v) is 2.46. The number of hydrogen-bond acceptors (Lipinski definition) is 2. The molecule has 0 atom stereocenters. The van der Waals surface area contributed by atoms with Gasteiger partial charge in [-0.25, -0.2) is 4.98 Å². The van der Waals surface area contributed by atoms with Gasteiger partial charge < -0.3 is 4.57 Å². The topological polar surface area (TPSA) is 21.1 Å². The highest BCUT2D eigenvalue weighted by molar-refractivity contribution is 6.30. The van der Waals surface area contributed by atoms with Gasteiger partial charge in [0.15, 0.2) is 0 Å². The molecule has 0 radical (unpaired) electrons. The Kier molecular flexibility index (Phi) is 3.10. The van der Waals surface area contributed by atoms with Crippen molar-refractivity contribution in [2.24, 2.45) is 0 Å². The van der Waals surface area contributed by atoms with Crippen molar-refractivity contribution in [3.8, 4) is 11.3 Å². The van der Waals surface area contributed by atoms with Crippen molar-refractivity contribution in [1.82, 2.24) is 14.5 Å². The van der Waals surface area contributed by atoms with Crippen molar-refractivity contribution in [3.63, 3.8) is 0 Å². The highest BCUT2D eigenvalue weighted by Crippen LogP contribution is 2.23. The molecule has 0 saturated carbocycles. The Morgan fingerprint density at radius 3 is 2.72 bits per heavy atom. The summed E-state index contributed by atoms with van der Waals surface area (Å²) in [6.07, 6.45) is 2.14. The molecule has 1 aromatic carbocycles. The summed E-state index contributed by atoms with van der Waals surface area (Å²) in [5.41, 5.74) is 2.17. The summed E-state index contributed by atoms with van der Waals surface area (Å²) in [5, 5.41) is 0.764. The van der Waals surface area contributed by atoms with E-state index in [1.165, 1.54) is 0 Å². The summed E-state index contributed by atoms with van der Waals surface area (Å²) < 4.78 is 2.26. The highest BCUT2D eigenvalue weighted by Gasteiger charge is 2.17. The molecule has 2 heterocycles. The maximum Gasteiger partial charge on any atom is 0.123 e. The third-order valence-corrected chi connectivity index (χ3v) is 3.72. The van der Waals surface area contributed by atoms with Gasteiger partial charge in [-0.3, -0.25) is 4.90 Å². The van der Waals surface area contributed by atoms with E-state index in [2.05, 4.69) is 22.6 Å². The van der Waals surface area contributed by atoms with Gasteiger partial charge in [-0.2, -0.15) is 0 Å². The minimum atomic E-state index is 0.764. The van der Waals surface area contributed by atoms with E-state index in [4.69, 9.17) is 16.6 Å². The van der Waals surface area contributed by atoms with Crippen LogP contribution in [-0.4, -0.2) is 27.5 Å². The number of benzene rings is 1. The lowest BCUT2D eigenvalue weighted by Crippen LogP contribution is -2.33. The summed E-state index contributed by atoms with van der Waals surface area (Å²) in [5.74, 6) is 1.16. The predicted molar refractivity (Wildman–Crippen MR) is 73.6 cm³/mol. The zero-order valence-corrected chi connectivity index (χ0v) is 11.2. The van der Waals surface area contributed by atoms with E-state index >= 15 is 0 Å². The average molecular weight is 262 g/mol. The van der Waals surface area contributed by atoms with Gasteiger partial charge in [-0.15, -0.1) is 0 Å². The lowest BCUT2D eigenvalue weighted by Gasteiger charge is -2.25. The molecular formula is C14H16ClN3. The van der Waals surface area contributed by atoms with Crippen LogP contribution in [0.15, 0.2) is 30.5 Å². The van der Waals surface area contributed by atoms with E-state index in [1.807, 2.05) is 24.3 Å². The van der Waals surface area contributed by atoms with Gasteiger partial charge in [0.05, 0.1) is 12.2 Å². The molecule has 0 unspecified atom stereocenters. The molecule has 0 fully saturated rings. The second kappa shape index (κ2) is 4.75. The summed E-state index contributed by atoms with van der Waals surface area (Å²) >= 11 is 5.91. The molecule has 1 aliphatic rings. The van der Waals surface area contributed by atoms with Gasteiger partial charge in [-0.05, 0) is 18.7 Å². The van der Waals surface area contributed by atoms with Crippen LogP contribution >= 0.6 is 11.6 Å². The van der Waals surface area contributed by atoms with Gasteiger partial charge in [0.2, 0.25) is 0 Å². The van der Waals surface area contributed by atoms with Gasteiger partial charge in [-0.1, -0.05) is 30.7 Å². The maximum absolute atomic E-state index is 5.91. The molecule has 0 spiro atoms. The normalized spacial score (nSPS) is 15.7. The Morgan fingerprint density at radius 1 is 1.22 bits per heavy atom. The Labute approximate surface area is 112 Å². The molecule has 0 bridgehead atoms. The third kappa shape index (κ3) is 2.16. The number of nitrogens with zero attached hydrogens (tertiary/aromatic N) is 3. The number of halogens is 1. The van der Waals surface area contributed by atoms with Crippen molar-refractivity contribution < 1.29 is 0 Å². The van der Waals surface area contributed by atoms with Crippen LogP contribution < -0.4 is 0 Å². The molecule has 0 amide bonds. The van der Waals surface area contributed by atoms with Gasteiger partial charge in [0.1, 0.15) is 5.82 Å². The van der Waals surface area contributed by atoms with E-state index in [1.54, 1.807) is 0 Å². The second-order valence-electron chi connectivity index (χ2n) is 4.61. The molecule has 1 aliphatic heterocycles. The third-order valence-electron chi connectivity index (χ3n) is 3.47. The van der Waals surface area contributed by atoms with Crippen LogP contribution in [0, 0.1) is 0 Å². The summed E-state index contributed by atoms with van der Waals surface area (Å²) in [7, 11) is 0. The first-order valence-corrected chi connectivity index (χ1v) is 6.68. The molecule has 4 heteroatoms. The molecular weight excluding hydrogens is 246 g/mol. The largest absolute Gasteiger partial charge is 0.332 e. The number of aromatic nitrogens is 2. The quantitative estimate of drug-likeness (QED) is 0.829. The lowest BCUT2D eigenvalue weighted by atomic mass is 10.2. The SMILES string of the molecule is CCN1CCn2cc(-c3ccc(Cl)cc3)nc2C1. The molecule has 18 heavy (non-hydrogen) atoms. The molecule has 3 rings (SSSR count). The predicted octanol–water partition coefficient (Wildman–Crippen LogP) is 3.04. The minimum absolute atomic E-state index is 0.764. The van der Waals surface area contributed by atoms with Crippen molar-refractivity contribution in [1.29, 1.82) is 0 Å². The van der Waals surface area contributed by atoms with E-state index in [0.717, 1.165) is 48.3 Å². The van der Waals surface area contributed by atoms with Crippen molar-refractivity contribution in [2.75, 3.05) is 13.1 Å². The number of hydrogen-bond donors (Lipinski definition) is 0. The van der Waals surface area contributed by atoms with E-state index in [9.17, 15) is 0 Å². The van der Waals surface area contributed by atoms with Crippen LogP contribution in [0.25, 0.3) is 11.3 Å². The monoisotopic (exact) mass is 261 g/mol. The molecule has 0 N–H and O–H groups in total. The maximum atomic E-state index is 5.91. The number of fused-ring (bicyclic) bond motifs is 1. The summed E-state index contributed by atoms with van der Waals surface area (Å²) in [6.45, 7) is 6.37. The highest BCUT2D eigenvalue weighted by atomic mass is 35.5. The summed E-state index contributed by atoms with van der Waals surface area (Å²) in [6, 6.07) is 7.86. The first-order chi connectivity index (χ1) is 8.76. The number of rotatable bonds is 2. The smallest absolute Gasteiger partial charge is 0.123 e. The van der Waals surface area contributed by atoms with Crippen LogP contribution in [0.2, 0.25) is 5.02 Å². The molecule has 2 aromatic rings. The van der Waals surface area contributed by atoms with Crippen LogP contribution in [-0.2, 0) is 13.1 Å². The van der Waals surface area contributed by atoms with Crippen LogP contribution in [0.5, 0.6) is 0 Å². The zero-order valence-electron chi connectivity index (χ0n) is 10.4. The standard InChI is InChI=1S/C14H16ClN3/c1-2-17-7-8-18-9-13(16-14(18)10-17)11-3-5-12(15)6-4-11/h3-6,9H,2,7-8,10H2,1H3. The average Bonchev–Trinajstić information content (AvgIpc) is 2.82. The molecule has 0 aliphatic carbocycles. The van der Waals surface area contributed by atoms with Crippen molar-refractivity contribution in [2.45, 2.75) is 20.0 Å². The zero-order chi connectivity index (χ0) is 12.5. The first kappa shape index (κ1) is 11.8. The molecule has 3 nitrogen and oxygen atoms in total. The summed E-state index contributed by atoms with van der Waals surface area (Å²) in [4.78, 5) is 7.14. The fourth-order valence-electron chi connectivity index (χ4n) is 2.33. The van der Waals surface area contributed by atoms with E-state index in [-0.39, 0.29) is 0 Å². The van der Waals surface area contributed by atoms with Gasteiger partial charge in [0.25, 0.3) is 0 Å². The number of likely N-dealkylation sites (N-methyl/N-ethyl adjacent to an activating group) is 1. The van der Waals surface area contributed by atoms with Crippen molar-refractivity contribution in [3.05, 3.63) is 41.3 Å². The molecule has 94 valence electrons. The second-order valence-corrected chi connectivity index (χ2v) is 5.05. The molecule has 1 aromatic heterocycles. The van der Waals surface area contributed by atoms with E-state index < -0.39 is 0 Å². The van der Waals surface area contributed by atoms with Crippen molar-refractivity contribution >= 4 is 11.6 Å². The van der Waals surface area contributed by atoms with Crippen LogP contribution in [0.4, 0.5) is 0 Å². The van der Waals surface area contributed by atoms with Crippen LogP contribution in [0.1, 0.15) is 12.7 Å². The van der Waals surface area contributed by atoms with Gasteiger partial charge >= 0.3 is 0 Å².